The Hall–Kier alpha value is -3.78. The second-order valence-electron chi connectivity index (χ2n) is 9.31. The summed E-state index contributed by atoms with van der Waals surface area (Å²) in [6.07, 6.45) is 17.6. The molecule has 0 saturated heterocycles. The van der Waals surface area contributed by atoms with E-state index in [2.05, 4.69) is 118 Å². The fourth-order valence-electron chi connectivity index (χ4n) is 4.26. The number of nitrogens with zero attached hydrogens (tertiary/aromatic N) is 2. The van der Waals surface area contributed by atoms with E-state index in [1.807, 2.05) is 66.7 Å². The Bertz CT molecular complexity index is 1290. The van der Waals surface area contributed by atoms with E-state index in [1.165, 1.54) is 22.3 Å². The number of aryl methyl sites for hydroxylation is 4. The lowest BCUT2D eigenvalue weighted by Gasteiger charge is -2.13. The van der Waals surface area contributed by atoms with Gasteiger partial charge in [0, 0.05) is 28.3 Å². The summed E-state index contributed by atoms with van der Waals surface area (Å²) in [4.78, 5) is 8.98. The Morgan fingerprint density at radius 2 is 1.34 bits per heavy atom. The maximum atomic E-state index is 4.50. The second-order valence-corrected chi connectivity index (χ2v) is 9.31. The van der Waals surface area contributed by atoms with Crippen molar-refractivity contribution >= 4 is 12.2 Å². The molecule has 2 aromatic heterocycles. The molecule has 220 valence electrons. The molecule has 1 unspecified atom stereocenters. The van der Waals surface area contributed by atoms with E-state index in [1.54, 1.807) is 0 Å². The number of hydrogen-bond acceptors (Lipinski definition) is 2. The van der Waals surface area contributed by atoms with E-state index in [4.69, 9.17) is 0 Å². The third kappa shape index (κ3) is 12.5. The lowest BCUT2D eigenvalue weighted by atomic mass is 9.95. The van der Waals surface area contributed by atoms with E-state index in [0.29, 0.717) is 5.92 Å². The summed E-state index contributed by atoms with van der Waals surface area (Å²) in [6.45, 7) is 30.3. The highest BCUT2D eigenvalue weighted by Gasteiger charge is 2.09. The van der Waals surface area contributed by atoms with Gasteiger partial charge >= 0.3 is 0 Å². The van der Waals surface area contributed by atoms with E-state index in [9.17, 15) is 0 Å². The highest BCUT2D eigenvalue weighted by Crippen LogP contribution is 2.28. The summed E-state index contributed by atoms with van der Waals surface area (Å²) in [6, 6.07) is 12.7. The number of rotatable bonds is 8. The minimum absolute atomic E-state index is 0.440. The minimum Gasteiger partial charge on any atom is -0.258 e. The highest BCUT2D eigenvalue weighted by molar-refractivity contribution is 5.76. The van der Waals surface area contributed by atoms with E-state index >= 15 is 0 Å². The summed E-state index contributed by atoms with van der Waals surface area (Å²) in [5.41, 5.74) is 11.6. The van der Waals surface area contributed by atoms with Crippen LogP contribution in [0.3, 0.4) is 0 Å². The van der Waals surface area contributed by atoms with Gasteiger partial charge in [0.2, 0.25) is 0 Å². The fraction of sp³-hybridized carbons (Fsp3) is 0.333. The first kappa shape index (κ1) is 37.2. The molecule has 0 radical (unpaired) electrons. The third-order valence-electron chi connectivity index (χ3n) is 6.35. The molecule has 1 aromatic carbocycles. The summed E-state index contributed by atoms with van der Waals surface area (Å²) < 4.78 is 0. The van der Waals surface area contributed by atoms with Crippen molar-refractivity contribution in [3.8, 4) is 11.1 Å². The Labute approximate surface area is 252 Å². The largest absolute Gasteiger partial charge is 0.258 e. The van der Waals surface area contributed by atoms with Crippen LogP contribution in [0.4, 0.5) is 0 Å². The van der Waals surface area contributed by atoms with Crippen molar-refractivity contribution < 1.29 is 0 Å². The molecular weight excluding hydrogens is 496 g/mol. The molecule has 41 heavy (non-hydrogen) atoms. The number of pyridine rings is 2. The molecule has 2 heterocycles. The van der Waals surface area contributed by atoms with Crippen molar-refractivity contribution in [2.75, 3.05) is 0 Å². The van der Waals surface area contributed by atoms with Crippen LogP contribution in [-0.2, 0) is 0 Å². The first-order valence-corrected chi connectivity index (χ1v) is 14.9. The van der Waals surface area contributed by atoms with Crippen molar-refractivity contribution in [1.29, 1.82) is 0 Å². The molecule has 0 aliphatic carbocycles. The van der Waals surface area contributed by atoms with E-state index in [0.717, 1.165) is 40.3 Å². The quantitative estimate of drug-likeness (QED) is 0.206. The maximum Gasteiger partial charge on any atom is 0.0454 e. The van der Waals surface area contributed by atoms with Gasteiger partial charge in [0.05, 0.1) is 0 Å². The standard InChI is InChI=1S/C18H25N.C17H17N.2C2H6/c1-6-7-8-9-10-11-12-14(2)18-13-15(3)19-17(5)16(18)4;1-5-14-7-9-15(10-8-14)17-11-12(3)18-13(4)16(17)6-2;2*1-2/h6-9,11-14H,10H2,1-5H3;5-11H,1-2H2,3-4H3;2*1-2H3/b7-6-,9-8-,12-11?;;;. The highest BCUT2D eigenvalue weighted by atomic mass is 14.7. The molecular formula is C39H54N2. The van der Waals surface area contributed by atoms with Crippen LogP contribution in [0.15, 0.2) is 86.0 Å². The molecule has 3 rings (SSSR count). The van der Waals surface area contributed by atoms with Gasteiger partial charge in [0.15, 0.2) is 0 Å². The SMILES string of the molecule is C/C=C\C=C/CC=CC(C)c1cc(C)nc(C)c1C.C=Cc1ccc(-c2cc(C)nc(C)c2C=C)cc1.CC.CC. The monoisotopic (exact) mass is 550 g/mol. The Morgan fingerprint density at radius 1 is 0.756 bits per heavy atom. The summed E-state index contributed by atoms with van der Waals surface area (Å²) in [7, 11) is 0. The van der Waals surface area contributed by atoms with Crippen LogP contribution < -0.4 is 0 Å². The van der Waals surface area contributed by atoms with Gasteiger partial charge in [-0.05, 0) is 93.8 Å². The molecule has 0 aliphatic heterocycles. The molecule has 0 spiro atoms. The lowest BCUT2D eigenvalue weighted by molar-refractivity contribution is 0.917. The van der Waals surface area contributed by atoms with Crippen LogP contribution >= 0.6 is 0 Å². The maximum absolute atomic E-state index is 4.50. The predicted octanol–water partition coefficient (Wildman–Crippen LogP) is 11.9. The normalized spacial score (nSPS) is 11.2. The molecule has 0 bridgehead atoms. The van der Waals surface area contributed by atoms with Crippen LogP contribution in [0.2, 0.25) is 0 Å². The van der Waals surface area contributed by atoms with Crippen LogP contribution in [-0.4, -0.2) is 9.97 Å². The number of aromatic nitrogens is 2. The summed E-state index contributed by atoms with van der Waals surface area (Å²) >= 11 is 0. The molecule has 0 saturated carbocycles. The van der Waals surface area contributed by atoms with Gasteiger partial charge in [-0.25, -0.2) is 0 Å². The van der Waals surface area contributed by atoms with Crippen molar-refractivity contribution in [2.24, 2.45) is 0 Å². The third-order valence-corrected chi connectivity index (χ3v) is 6.35. The first-order valence-electron chi connectivity index (χ1n) is 14.9. The summed E-state index contributed by atoms with van der Waals surface area (Å²) in [5.74, 6) is 0.440. The van der Waals surface area contributed by atoms with Gasteiger partial charge < -0.3 is 0 Å². The van der Waals surface area contributed by atoms with Crippen molar-refractivity contribution in [3.05, 3.63) is 131 Å². The predicted molar refractivity (Wildman–Crippen MR) is 187 cm³/mol. The number of benzene rings is 1. The van der Waals surface area contributed by atoms with Gasteiger partial charge in [-0.2, -0.15) is 0 Å². The molecule has 0 N–H and O–H groups in total. The lowest BCUT2D eigenvalue weighted by Crippen LogP contribution is -2.00. The van der Waals surface area contributed by atoms with Crippen molar-refractivity contribution in [3.63, 3.8) is 0 Å². The van der Waals surface area contributed by atoms with Crippen molar-refractivity contribution in [2.45, 2.75) is 88.5 Å². The first-order chi connectivity index (χ1) is 19.7. The van der Waals surface area contributed by atoms with Gasteiger partial charge in [0.25, 0.3) is 0 Å². The zero-order chi connectivity index (χ0) is 31.4. The zero-order valence-electron chi connectivity index (χ0n) is 27.7. The zero-order valence-corrected chi connectivity index (χ0v) is 27.7. The molecule has 2 nitrogen and oxygen atoms in total. The number of allylic oxidation sites excluding steroid dienone is 6. The smallest absolute Gasteiger partial charge is 0.0454 e. The van der Waals surface area contributed by atoms with Crippen molar-refractivity contribution in [1.82, 2.24) is 9.97 Å². The van der Waals surface area contributed by atoms with Gasteiger partial charge in [-0.1, -0.05) is 121 Å². The Balaban J connectivity index is 0.000000696. The molecule has 1 atom stereocenters. The van der Waals surface area contributed by atoms with E-state index < -0.39 is 0 Å². The molecule has 3 aromatic rings. The molecule has 0 amide bonds. The van der Waals surface area contributed by atoms with Crippen LogP contribution in [0, 0.1) is 34.6 Å². The van der Waals surface area contributed by atoms with Crippen LogP contribution in [0.25, 0.3) is 23.3 Å². The fourth-order valence-corrected chi connectivity index (χ4v) is 4.26. The van der Waals surface area contributed by atoms with Gasteiger partial charge in [-0.3, -0.25) is 9.97 Å². The molecule has 0 aliphatic rings. The Kier molecular flexibility index (Phi) is 19.1. The average Bonchev–Trinajstić information content (AvgIpc) is 2.98. The van der Waals surface area contributed by atoms with Gasteiger partial charge in [-0.15, -0.1) is 0 Å². The second kappa shape index (κ2) is 21.0. The average molecular weight is 551 g/mol. The van der Waals surface area contributed by atoms with E-state index in [-0.39, 0.29) is 0 Å². The number of hydrogen-bond donors (Lipinski definition) is 0. The summed E-state index contributed by atoms with van der Waals surface area (Å²) in [5, 5.41) is 0. The molecule has 0 fully saturated rings. The van der Waals surface area contributed by atoms with Crippen LogP contribution in [0.1, 0.15) is 98.9 Å². The topological polar surface area (TPSA) is 25.8 Å². The van der Waals surface area contributed by atoms with Crippen LogP contribution in [0.5, 0.6) is 0 Å². The Morgan fingerprint density at radius 3 is 1.90 bits per heavy atom. The van der Waals surface area contributed by atoms with Gasteiger partial charge in [0.1, 0.15) is 0 Å². The molecule has 2 heteroatoms. The minimum atomic E-state index is 0.440.